The van der Waals surface area contributed by atoms with Crippen molar-refractivity contribution in [1.29, 1.82) is 0 Å². The Morgan fingerprint density at radius 3 is 2.45 bits per heavy atom. The molecule has 1 aliphatic rings. The minimum atomic E-state index is -1.49. The van der Waals surface area contributed by atoms with Crippen LogP contribution in [0.3, 0.4) is 0 Å². The molecule has 1 fully saturated rings. The third kappa shape index (κ3) is 4.43. The molecule has 0 radical (unpaired) electrons. The Balaban J connectivity index is 1.84. The van der Waals surface area contributed by atoms with E-state index in [0.717, 1.165) is 12.1 Å². The van der Waals surface area contributed by atoms with Crippen molar-refractivity contribution in [3.8, 4) is 0 Å². The second kappa shape index (κ2) is 8.12. The van der Waals surface area contributed by atoms with E-state index in [4.69, 9.17) is 14.2 Å². The molecular weight excluding hydrogens is 297 g/mol. The fourth-order valence-electron chi connectivity index (χ4n) is 1.94. The Hall–Kier alpha value is -1.63. The fraction of sp³-hybridized carbons (Fsp3) is 0.375. The van der Waals surface area contributed by atoms with Crippen molar-refractivity contribution >= 4 is 0 Å². The standard InChI is InChI=1S/C16H17F3O3/c1-2-3-4-5-6-20-15-10-21-14(9-22-15)11-7-12(17)16(19)13(18)8-11/h2-5,7-8,14-15H,6,9-10H2,1H3/b3-2+,5-4+/t14-,15+/m1/s1. The van der Waals surface area contributed by atoms with E-state index in [0.29, 0.717) is 6.61 Å². The van der Waals surface area contributed by atoms with Crippen LogP contribution in [0.2, 0.25) is 0 Å². The van der Waals surface area contributed by atoms with E-state index in [1.165, 1.54) is 0 Å². The quantitative estimate of drug-likeness (QED) is 0.613. The molecule has 0 N–H and O–H groups in total. The normalized spacial score (nSPS) is 22.7. The van der Waals surface area contributed by atoms with Gasteiger partial charge in [-0.2, -0.15) is 0 Å². The van der Waals surface area contributed by atoms with E-state index in [1.807, 2.05) is 31.2 Å². The van der Waals surface area contributed by atoms with Crippen LogP contribution in [0.15, 0.2) is 36.4 Å². The minimum Gasteiger partial charge on any atom is -0.366 e. The third-order valence-corrected chi connectivity index (χ3v) is 3.06. The molecule has 0 bridgehead atoms. The van der Waals surface area contributed by atoms with Gasteiger partial charge in [0.2, 0.25) is 0 Å². The molecule has 0 aromatic heterocycles. The van der Waals surface area contributed by atoms with Gasteiger partial charge >= 0.3 is 0 Å². The van der Waals surface area contributed by atoms with Crippen molar-refractivity contribution < 1.29 is 27.4 Å². The zero-order valence-electron chi connectivity index (χ0n) is 12.1. The van der Waals surface area contributed by atoms with Gasteiger partial charge < -0.3 is 14.2 Å². The van der Waals surface area contributed by atoms with Crippen molar-refractivity contribution in [2.45, 2.75) is 19.3 Å². The lowest BCUT2D eigenvalue weighted by Gasteiger charge is -2.29. The first-order valence-electron chi connectivity index (χ1n) is 6.89. The molecule has 0 aliphatic carbocycles. The van der Waals surface area contributed by atoms with E-state index in [2.05, 4.69) is 0 Å². The monoisotopic (exact) mass is 314 g/mol. The third-order valence-electron chi connectivity index (χ3n) is 3.06. The zero-order chi connectivity index (χ0) is 15.9. The van der Waals surface area contributed by atoms with Gasteiger partial charge in [-0.15, -0.1) is 0 Å². The SMILES string of the molecule is C/C=C/C=C/CO[C@@H]1CO[C@@H](c2cc(F)c(F)c(F)c2)CO1. The average molecular weight is 314 g/mol. The highest BCUT2D eigenvalue weighted by molar-refractivity contribution is 5.22. The molecule has 2 atom stereocenters. The summed E-state index contributed by atoms with van der Waals surface area (Å²) in [7, 11) is 0. The predicted molar refractivity (Wildman–Crippen MR) is 74.7 cm³/mol. The topological polar surface area (TPSA) is 27.7 Å². The molecule has 1 saturated heterocycles. The summed E-state index contributed by atoms with van der Waals surface area (Å²) < 4.78 is 55.6. The van der Waals surface area contributed by atoms with Crippen LogP contribution in [-0.2, 0) is 14.2 Å². The van der Waals surface area contributed by atoms with Gasteiger partial charge in [0.1, 0.15) is 6.10 Å². The molecule has 1 aliphatic heterocycles. The van der Waals surface area contributed by atoms with E-state index < -0.39 is 29.8 Å². The smallest absolute Gasteiger partial charge is 0.194 e. The van der Waals surface area contributed by atoms with Gasteiger partial charge in [0, 0.05) is 0 Å². The van der Waals surface area contributed by atoms with Gasteiger partial charge in [-0.1, -0.05) is 24.3 Å². The highest BCUT2D eigenvalue weighted by Crippen LogP contribution is 2.26. The largest absolute Gasteiger partial charge is 0.366 e. The molecule has 3 nitrogen and oxygen atoms in total. The molecule has 6 heteroatoms. The van der Waals surface area contributed by atoms with Crippen LogP contribution in [0, 0.1) is 17.5 Å². The molecule has 1 aromatic rings. The van der Waals surface area contributed by atoms with Crippen LogP contribution in [-0.4, -0.2) is 26.1 Å². The number of hydrogen-bond acceptors (Lipinski definition) is 3. The van der Waals surface area contributed by atoms with Gasteiger partial charge in [0.15, 0.2) is 23.7 Å². The highest BCUT2D eigenvalue weighted by atomic mass is 19.2. The van der Waals surface area contributed by atoms with Crippen molar-refractivity contribution in [1.82, 2.24) is 0 Å². The van der Waals surface area contributed by atoms with Gasteiger partial charge in [0.05, 0.1) is 19.8 Å². The van der Waals surface area contributed by atoms with Crippen LogP contribution in [0.25, 0.3) is 0 Å². The van der Waals surface area contributed by atoms with E-state index in [-0.39, 0.29) is 18.8 Å². The van der Waals surface area contributed by atoms with Gasteiger partial charge in [-0.05, 0) is 24.6 Å². The second-order valence-corrected chi connectivity index (χ2v) is 4.67. The summed E-state index contributed by atoms with van der Waals surface area (Å²) in [4.78, 5) is 0. The maximum absolute atomic E-state index is 13.2. The molecule has 0 spiro atoms. The summed E-state index contributed by atoms with van der Waals surface area (Å²) in [5, 5.41) is 0. The van der Waals surface area contributed by atoms with Crippen LogP contribution < -0.4 is 0 Å². The highest BCUT2D eigenvalue weighted by Gasteiger charge is 2.25. The number of ether oxygens (including phenoxy) is 3. The average Bonchev–Trinajstić information content (AvgIpc) is 2.52. The van der Waals surface area contributed by atoms with Crippen LogP contribution in [0.4, 0.5) is 13.2 Å². The molecular formula is C16H17F3O3. The predicted octanol–water partition coefficient (Wildman–Crippen LogP) is 3.67. The Bertz CT molecular complexity index is 527. The Morgan fingerprint density at radius 1 is 1.14 bits per heavy atom. The molecule has 2 rings (SSSR count). The Morgan fingerprint density at radius 2 is 1.86 bits per heavy atom. The van der Waals surface area contributed by atoms with Crippen molar-refractivity contribution in [2.75, 3.05) is 19.8 Å². The summed E-state index contributed by atoms with van der Waals surface area (Å²) in [5.74, 6) is -3.98. The molecule has 1 heterocycles. The lowest BCUT2D eigenvalue weighted by atomic mass is 10.1. The van der Waals surface area contributed by atoms with E-state index >= 15 is 0 Å². The first-order valence-corrected chi connectivity index (χ1v) is 6.89. The van der Waals surface area contributed by atoms with Crippen molar-refractivity contribution in [2.24, 2.45) is 0 Å². The maximum atomic E-state index is 13.2. The maximum Gasteiger partial charge on any atom is 0.194 e. The summed E-state index contributed by atoms with van der Waals surface area (Å²) >= 11 is 0. The first-order chi connectivity index (χ1) is 10.6. The van der Waals surface area contributed by atoms with E-state index in [9.17, 15) is 13.2 Å². The molecule has 0 saturated carbocycles. The van der Waals surface area contributed by atoms with Crippen LogP contribution in [0.1, 0.15) is 18.6 Å². The lowest BCUT2D eigenvalue weighted by Crippen LogP contribution is -2.33. The summed E-state index contributed by atoms with van der Waals surface area (Å²) in [6.45, 7) is 2.48. The summed E-state index contributed by atoms with van der Waals surface area (Å²) in [6.07, 6.45) is 6.23. The number of halogens is 3. The van der Waals surface area contributed by atoms with Crippen LogP contribution in [0.5, 0.6) is 0 Å². The Kier molecular flexibility index (Phi) is 6.18. The van der Waals surface area contributed by atoms with Crippen LogP contribution >= 0.6 is 0 Å². The molecule has 0 amide bonds. The molecule has 1 aromatic carbocycles. The van der Waals surface area contributed by atoms with Gasteiger partial charge in [-0.25, -0.2) is 13.2 Å². The van der Waals surface area contributed by atoms with Gasteiger partial charge in [0.25, 0.3) is 0 Å². The van der Waals surface area contributed by atoms with Gasteiger partial charge in [-0.3, -0.25) is 0 Å². The number of allylic oxidation sites excluding steroid dienone is 3. The fourth-order valence-corrected chi connectivity index (χ4v) is 1.94. The number of hydrogen-bond donors (Lipinski definition) is 0. The summed E-state index contributed by atoms with van der Waals surface area (Å²) in [5.41, 5.74) is 0.197. The Labute approximate surface area is 127 Å². The van der Waals surface area contributed by atoms with Crippen molar-refractivity contribution in [3.05, 3.63) is 59.5 Å². The summed E-state index contributed by atoms with van der Waals surface area (Å²) in [6, 6.07) is 1.82. The number of benzene rings is 1. The molecule has 0 unspecified atom stereocenters. The minimum absolute atomic E-state index is 0.0771. The second-order valence-electron chi connectivity index (χ2n) is 4.67. The molecule has 120 valence electrons. The van der Waals surface area contributed by atoms with E-state index in [1.54, 1.807) is 0 Å². The van der Waals surface area contributed by atoms with Crippen molar-refractivity contribution in [3.63, 3.8) is 0 Å². The molecule has 22 heavy (non-hydrogen) atoms. The first kappa shape index (κ1) is 16.7. The lowest BCUT2D eigenvalue weighted by molar-refractivity contribution is -0.232. The number of rotatable bonds is 5. The zero-order valence-corrected chi connectivity index (χ0v) is 12.1.